The van der Waals surface area contributed by atoms with Crippen molar-refractivity contribution in [3.63, 3.8) is 0 Å². The summed E-state index contributed by atoms with van der Waals surface area (Å²) in [4.78, 5) is 2.82. The molecule has 21 heavy (non-hydrogen) atoms. The van der Waals surface area contributed by atoms with Gasteiger partial charge in [-0.2, -0.15) is 0 Å². The van der Waals surface area contributed by atoms with Crippen LogP contribution < -0.4 is 4.90 Å². The molecule has 0 radical (unpaired) electrons. The number of nitrogens with zero attached hydrogens (tertiary/aromatic N) is 2. The maximum Gasteiger partial charge on any atom is 0.110 e. The first kappa shape index (κ1) is 12.1. The molecule has 0 unspecified atom stereocenters. The zero-order valence-electron chi connectivity index (χ0n) is 13.1. The summed E-state index contributed by atoms with van der Waals surface area (Å²) in [5.74, 6) is 1.45. The topological polar surface area (TPSA) is 8.17 Å². The number of aryl methyl sites for hydroxylation is 1. The number of aromatic nitrogens is 1. The maximum absolute atomic E-state index is 2.82. The van der Waals surface area contributed by atoms with Gasteiger partial charge in [-0.25, -0.2) is 0 Å². The van der Waals surface area contributed by atoms with Gasteiger partial charge in [0.1, 0.15) is 5.82 Å². The maximum atomic E-state index is 2.82. The molecule has 3 aliphatic carbocycles. The summed E-state index contributed by atoms with van der Waals surface area (Å²) in [5, 5.41) is 1.38. The van der Waals surface area contributed by atoms with Gasteiger partial charge < -0.3 is 9.47 Å². The summed E-state index contributed by atoms with van der Waals surface area (Å²) in [7, 11) is 2.24. The number of fused-ring (bicyclic) bond motifs is 1. The van der Waals surface area contributed by atoms with E-state index < -0.39 is 0 Å². The van der Waals surface area contributed by atoms with E-state index in [1.807, 2.05) is 0 Å². The zero-order chi connectivity index (χ0) is 14.2. The quantitative estimate of drug-likeness (QED) is 0.747. The Kier molecular flexibility index (Phi) is 2.11. The predicted molar refractivity (Wildman–Crippen MR) is 87.7 cm³/mol. The van der Waals surface area contributed by atoms with E-state index in [0.29, 0.717) is 17.0 Å². The molecule has 3 aliphatic heterocycles. The molecule has 1 aromatic heterocycles. The summed E-state index contributed by atoms with van der Waals surface area (Å²) < 4.78 is 2.42. The van der Waals surface area contributed by atoms with Crippen LogP contribution in [0.3, 0.4) is 0 Å². The van der Waals surface area contributed by atoms with E-state index in [9.17, 15) is 0 Å². The Hall–Kier alpha value is -1.44. The molecule has 8 rings (SSSR count). The van der Waals surface area contributed by atoms with Gasteiger partial charge in [-0.3, -0.25) is 0 Å². The van der Waals surface area contributed by atoms with Crippen LogP contribution in [0.4, 0.5) is 5.82 Å². The lowest BCUT2D eigenvalue weighted by Gasteiger charge is -2.70. The van der Waals surface area contributed by atoms with E-state index in [2.05, 4.69) is 53.8 Å². The molecule has 2 aromatic rings. The summed E-state index contributed by atoms with van der Waals surface area (Å²) in [6.45, 7) is 2.49. The first-order valence-electron chi connectivity index (χ1n) is 8.49. The van der Waals surface area contributed by atoms with Crippen molar-refractivity contribution < 1.29 is 0 Å². The largest absolute Gasteiger partial charge is 0.349 e. The molecule has 0 N–H and O–H groups in total. The minimum Gasteiger partial charge on any atom is -0.349 e. The Morgan fingerprint density at radius 3 is 2.29 bits per heavy atom. The molecule has 0 spiro atoms. The standard InChI is InChI=1S/C19H24N2/c1-14-18-7-10-19(11-8-18,12-9-18)21(14)17-13-15-5-3-4-6-16(15)20(17)2/h3-6,13-14H,7-12H2,1-2H3/t14-,18?,19?/m0/s1. The molecule has 3 saturated heterocycles. The summed E-state index contributed by atoms with van der Waals surface area (Å²) in [6.07, 6.45) is 8.65. The summed E-state index contributed by atoms with van der Waals surface area (Å²) in [5.41, 5.74) is 2.43. The average molecular weight is 280 g/mol. The van der Waals surface area contributed by atoms with Crippen LogP contribution in [0.15, 0.2) is 30.3 Å². The summed E-state index contributed by atoms with van der Waals surface area (Å²) >= 11 is 0. The van der Waals surface area contributed by atoms with Crippen LogP contribution in [-0.2, 0) is 7.05 Å². The van der Waals surface area contributed by atoms with E-state index in [1.165, 1.54) is 55.2 Å². The SMILES string of the molecule is C[C@@H]1N(c2cc3ccccc3n2C)C23CCC1(CC2)CC3. The third kappa shape index (κ3) is 1.30. The Morgan fingerprint density at radius 2 is 1.67 bits per heavy atom. The number of benzene rings is 1. The molecule has 1 atom stereocenters. The first-order valence-corrected chi connectivity index (χ1v) is 8.49. The number of piperidine rings is 3. The molecule has 0 amide bonds. The second-order valence-corrected chi connectivity index (χ2v) is 7.75. The van der Waals surface area contributed by atoms with Gasteiger partial charge in [-0.15, -0.1) is 0 Å². The third-order valence-electron chi connectivity index (χ3n) is 7.22. The van der Waals surface area contributed by atoms with Crippen LogP contribution in [0, 0.1) is 5.41 Å². The van der Waals surface area contributed by atoms with E-state index in [4.69, 9.17) is 0 Å². The second-order valence-electron chi connectivity index (χ2n) is 7.75. The first-order chi connectivity index (χ1) is 10.2. The van der Waals surface area contributed by atoms with Crippen LogP contribution in [0.5, 0.6) is 0 Å². The predicted octanol–water partition coefficient (Wildman–Crippen LogP) is 4.48. The Bertz CT molecular complexity index is 702. The van der Waals surface area contributed by atoms with Gasteiger partial charge in [-0.05, 0) is 63.0 Å². The van der Waals surface area contributed by atoms with Crippen molar-refractivity contribution >= 4 is 16.7 Å². The molecule has 110 valence electrons. The highest BCUT2D eigenvalue weighted by Crippen LogP contribution is 2.64. The fourth-order valence-corrected chi connectivity index (χ4v) is 5.81. The minimum atomic E-state index is 0.460. The number of rotatable bonds is 1. The van der Waals surface area contributed by atoms with E-state index in [1.54, 1.807) is 0 Å². The number of hydrogen-bond acceptors (Lipinski definition) is 1. The van der Waals surface area contributed by atoms with Crippen molar-refractivity contribution in [2.45, 2.75) is 57.0 Å². The lowest BCUT2D eigenvalue weighted by molar-refractivity contribution is -0.0456. The Labute approximate surface area is 126 Å². The van der Waals surface area contributed by atoms with Gasteiger partial charge in [0.15, 0.2) is 0 Å². The monoisotopic (exact) mass is 280 g/mol. The van der Waals surface area contributed by atoms with Gasteiger partial charge >= 0.3 is 0 Å². The van der Waals surface area contributed by atoms with Gasteiger partial charge in [0.2, 0.25) is 0 Å². The minimum absolute atomic E-state index is 0.460. The lowest BCUT2D eigenvalue weighted by atomic mass is 9.49. The van der Waals surface area contributed by atoms with E-state index in [0.717, 1.165) is 0 Å². The van der Waals surface area contributed by atoms with E-state index in [-0.39, 0.29) is 0 Å². The summed E-state index contributed by atoms with van der Waals surface area (Å²) in [6, 6.07) is 11.9. The van der Waals surface area contributed by atoms with Crippen LogP contribution >= 0.6 is 0 Å². The van der Waals surface area contributed by atoms with Crippen LogP contribution in [0.25, 0.3) is 10.9 Å². The van der Waals surface area contributed by atoms with Crippen molar-refractivity contribution in [3.05, 3.63) is 30.3 Å². The molecule has 4 heterocycles. The van der Waals surface area contributed by atoms with Gasteiger partial charge in [0, 0.05) is 29.5 Å². The Balaban J connectivity index is 1.71. The van der Waals surface area contributed by atoms with Crippen LogP contribution in [0.1, 0.15) is 45.4 Å². The molecular formula is C19H24N2. The highest BCUT2D eigenvalue weighted by molar-refractivity contribution is 5.85. The lowest BCUT2D eigenvalue weighted by Crippen LogP contribution is -2.71. The number of anilines is 1. The zero-order valence-corrected chi connectivity index (χ0v) is 13.1. The van der Waals surface area contributed by atoms with E-state index >= 15 is 0 Å². The molecule has 2 heteroatoms. The normalized spacial score (nSPS) is 37.6. The van der Waals surface area contributed by atoms with Gasteiger partial charge in [-0.1, -0.05) is 18.2 Å². The van der Waals surface area contributed by atoms with Crippen molar-refractivity contribution in [3.8, 4) is 0 Å². The molecule has 2 bridgehead atoms. The van der Waals surface area contributed by atoms with Crippen molar-refractivity contribution in [2.75, 3.05) is 4.90 Å². The fourth-order valence-electron chi connectivity index (χ4n) is 5.81. The molecule has 3 saturated carbocycles. The van der Waals surface area contributed by atoms with Crippen molar-refractivity contribution in [2.24, 2.45) is 12.5 Å². The third-order valence-corrected chi connectivity index (χ3v) is 7.22. The molecule has 2 nitrogen and oxygen atoms in total. The van der Waals surface area contributed by atoms with Crippen molar-refractivity contribution in [1.82, 2.24) is 4.57 Å². The molecular weight excluding hydrogens is 256 g/mol. The van der Waals surface area contributed by atoms with Gasteiger partial charge in [0.05, 0.1) is 0 Å². The smallest absolute Gasteiger partial charge is 0.110 e. The number of hydrogen-bond donors (Lipinski definition) is 0. The Morgan fingerprint density at radius 1 is 1.00 bits per heavy atom. The molecule has 6 fully saturated rings. The molecule has 6 aliphatic rings. The second kappa shape index (κ2) is 3.66. The van der Waals surface area contributed by atoms with Crippen LogP contribution in [-0.4, -0.2) is 16.1 Å². The number of para-hydroxylation sites is 1. The fraction of sp³-hybridized carbons (Fsp3) is 0.579. The molecule has 1 aromatic carbocycles. The van der Waals surface area contributed by atoms with Gasteiger partial charge in [0.25, 0.3) is 0 Å². The van der Waals surface area contributed by atoms with Crippen molar-refractivity contribution in [1.29, 1.82) is 0 Å². The van der Waals surface area contributed by atoms with Crippen LogP contribution in [0.2, 0.25) is 0 Å². The highest BCUT2D eigenvalue weighted by Gasteiger charge is 2.62. The highest BCUT2D eigenvalue weighted by atomic mass is 15.3. The average Bonchev–Trinajstić information content (AvgIpc) is 2.86.